The molecule has 0 bridgehead atoms. The molecule has 0 unspecified atom stereocenters. The van der Waals surface area contributed by atoms with Crippen molar-refractivity contribution in [1.29, 1.82) is 0 Å². The molecule has 76 valence electrons. The van der Waals surface area contributed by atoms with Gasteiger partial charge in [-0.15, -0.1) is 0 Å². The van der Waals surface area contributed by atoms with E-state index in [1.807, 2.05) is 42.5 Å². The van der Waals surface area contributed by atoms with Gasteiger partial charge >= 0.3 is 29.6 Å². The van der Waals surface area contributed by atoms with E-state index in [9.17, 15) is 0 Å². The Kier molecular flexibility index (Phi) is 5.33. The summed E-state index contributed by atoms with van der Waals surface area (Å²) in [5.74, 6) is 0.298. The van der Waals surface area contributed by atoms with E-state index in [1.54, 1.807) is 12.1 Å². The molecular formula is C14H13NaO. The van der Waals surface area contributed by atoms with Crippen molar-refractivity contribution in [3.05, 3.63) is 65.7 Å². The quantitative estimate of drug-likeness (QED) is 0.583. The summed E-state index contributed by atoms with van der Waals surface area (Å²) in [4.78, 5) is 0. The molecule has 2 rings (SSSR count). The first-order valence-corrected chi connectivity index (χ1v) is 4.87. The minimum absolute atomic E-state index is 0. The predicted octanol–water partition coefficient (Wildman–Crippen LogP) is 0.679. The van der Waals surface area contributed by atoms with Crippen LogP contribution in [-0.2, 0) is 0 Å². The van der Waals surface area contributed by atoms with Crippen molar-refractivity contribution in [3.8, 4) is 5.75 Å². The zero-order valence-corrected chi connectivity index (χ0v) is 11.3. The molecule has 0 atom stereocenters. The van der Waals surface area contributed by atoms with Gasteiger partial charge < -0.3 is 6.53 Å². The summed E-state index contributed by atoms with van der Waals surface area (Å²) < 4.78 is 0. The minimum Gasteiger partial charge on any atom is -1.00 e. The number of aromatic hydroxyl groups is 1. The fourth-order valence-corrected chi connectivity index (χ4v) is 1.34. The standard InChI is InChI=1S/C14H12O.Na.H/c15-14-10-8-13(9-11-14)7-6-12-4-2-1-3-5-12;;/h1-11,15H;;/q;+1;-1. The molecule has 0 radical (unpaired) electrons. The molecule has 0 aliphatic carbocycles. The largest absolute Gasteiger partial charge is 1.00 e. The van der Waals surface area contributed by atoms with Crippen molar-refractivity contribution in [2.24, 2.45) is 0 Å². The molecule has 0 saturated carbocycles. The van der Waals surface area contributed by atoms with Crippen LogP contribution in [0.15, 0.2) is 54.6 Å². The normalized spacial score (nSPS) is 10.0. The molecular weight excluding hydrogens is 207 g/mol. The Morgan fingerprint density at radius 1 is 0.750 bits per heavy atom. The summed E-state index contributed by atoms with van der Waals surface area (Å²) in [7, 11) is 0. The van der Waals surface area contributed by atoms with Crippen LogP contribution in [0.2, 0.25) is 0 Å². The average Bonchev–Trinajstić information content (AvgIpc) is 2.30. The van der Waals surface area contributed by atoms with Crippen LogP contribution in [0.3, 0.4) is 0 Å². The van der Waals surface area contributed by atoms with Gasteiger partial charge in [-0.1, -0.05) is 54.6 Å². The number of hydrogen-bond acceptors (Lipinski definition) is 1. The van der Waals surface area contributed by atoms with Crippen LogP contribution >= 0.6 is 0 Å². The van der Waals surface area contributed by atoms with Crippen LogP contribution in [0.25, 0.3) is 12.2 Å². The van der Waals surface area contributed by atoms with E-state index in [1.165, 1.54) is 5.56 Å². The Bertz CT molecular complexity index is 451. The number of rotatable bonds is 2. The Morgan fingerprint density at radius 2 is 1.25 bits per heavy atom. The first-order valence-electron chi connectivity index (χ1n) is 4.87. The molecule has 16 heavy (non-hydrogen) atoms. The molecule has 2 heteroatoms. The molecule has 0 fully saturated rings. The third kappa shape index (κ3) is 3.86. The van der Waals surface area contributed by atoms with Crippen molar-refractivity contribution in [2.75, 3.05) is 0 Å². The Labute approximate surface area is 119 Å². The fourth-order valence-electron chi connectivity index (χ4n) is 1.34. The van der Waals surface area contributed by atoms with Crippen LogP contribution in [0.4, 0.5) is 0 Å². The van der Waals surface area contributed by atoms with Gasteiger partial charge in [-0.05, 0) is 23.3 Å². The summed E-state index contributed by atoms with van der Waals surface area (Å²) in [5, 5.41) is 9.12. The van der Waals surface area contributed by atoms with Gasteiger partial charge in [0, 0.05) is 0 Å². The van der Waals surface area contributed by atoms with E-state index >= 15 is 0 Å². The van der Waals surface area contributed by atoms with Gasteiger partial charge in [0.25, 0.3) is 0 Å². The van der Waals surface area contributed by atoms with Crippen LogP contribution in [0.5, 0.6) is 5.75 Å². The summed E-state index contributed by atoms with van der Waals surface area (Å²) in [6.45, 7) is 0. The van der Waals surface area contributed by atoms with Crippen molar-refractivity contribution in [3.63, 3.8) is 0 Å². The van der Waals surface area contributed by atoms with Gasteiger partial charge in [0.15, 0.2) is 0 Å². The zero-order chi connectivity index (χ0) is 10.5. The van der Waals surface area contributed by atoms with Crippen molar-refractivity contribution in [1.82, 2.24) is 0 Å². The number of benzene rings is 2. The predicted molar refractivity (Wildman–Crippen MR) is 64.6 cm³/mol. The topological polar surface area (TPSA) is 20.2 Å². The molecule has 0 spiro atoms. The van der Waals surface area contributed by atoms with E-state index in [4.69, 9.17) is 5.11 Å². The first-order chi connectivity index (χ1) is 7.34. The molecule has 0 saturated heterocycles. The molecule has 2 aromatic carbocycles. The van der Waals surface area contributed by atoms with Crippen molar-refractivity contribution in [2.45, 2.75) is 0 Å². The van der Waals surface area contributed by atoms with Crippen LogP contribution in [0, 0.1) is 0 Å². The van der Waals surface area contributed by atoms with E-state index in [0.29, 0.717) is 5.75 Å². The first kappa shape index (κ1) is 13.0. The SMILES string of the molecule is Oc1ccc(C=Cc2ccccc2)cc1.[H-].[Na+]. The van der Waals surface area contributed by atoms with E-state index < -0.39 is 0 Å². The Morgan fingerprint density at radius 3 is 1.81 bits per heavy atom. The maximum Gasteiger partial charge on any atom is 1.00 e. The second-order valence-electron chi connectivity index (χ2n) is 3.34. The van der Waals surface area contributed by atoms with Gasteiger partial charge in [0.1, 0.15) is 5.75 Å². The summed E-state index contributed by atoms with van der Waals surface area (Å²) >= 11 is 0. The molecule has 2 aromatic rings. The van der Waals surface area contributed by atoms with Gasteiger partial charge in [0.2, 0.25) is 0 Å². The molecule has 0 heterocycles. The number of phenolic OH excluding ortho intramolecular Hbond substituents is 1. The van der Waals surface area contributed by atoms with Gasteiger partial charge in [-0.2, -0.15) is 0 Å². The maximum atomic E-state index is 9.12. The molecule has 1 nitrogen and oxygen atoms in total. The molecule has 0 aliphatic heterocycles. The molecule has 0 aliphatic rings. The third-order valence-electron chi connectivity index (χ3n) is 2.16. The monoisotopic (exact) mass is 220 g/mol. The Balaban J connectivity index is 0.00000128. The van der Waals surface area contributed by atoms with Crippen LogP contribution in [-0.4, -0.2) is 5.11 Å². The van der Waals surface area contributed by atoms with E-state index in [-0.39, 0.29) is 31.0 Å². The second kappa shape index (κ2) is 6.54. The summed E-state index contributed by atoms with van der Waals surface area (Å²) in [5.41, 5.74) is 2.25. The summed E-state index contributed by atoms with van der Waals surface area (Å²) in [6.07, 6.45) is 4.07. The van der Waals surface area contributed by atoms with Gasteiger partial charge in [-0.3, -0.25) is 0 Å². The third-order valence-corrected chi connectivity index (χ3v) is 2.16. The number of hydrogen-bond donors (Lipinski definition) is 1. The molecule has 0 amide bonds. The fraction of sp³-hybridized carbons (Fsp3) is 0. The summed E-state index contributed by atoms with van der Waals surface area (Å²) in [6, 6.07) is 17.3. The van der Waals surface area contributed by atoms with Gasteiger partial charge in [0.05, 0.1) is 0 Å². The molecule has 0 aromatic heterocycles. The Hall–Kier alpha value is -1.02. The second-order valence-corrected chi connectivity index (χ2v) is 3.34. The smallest absolute Gasteiger partial charge is 1.00 e. The van der Waals surface area contributed by atoms with Gasteiger partial charge in [-0.25, -0.2) is 0 Å². The van der Waals surface area contributed by atoms with Crippen LogP contribution in [0.1, 0.15) is 12.6 Å². The van der Waals surface area contributed by atoms with Crippen LogP contribution < -0.4 is 29.6 Å². The zero-order valence-electron chi connectivity index (χ0n) is 10.3. The van der Waals surface area contributed by atoms with E-state index in [2.05, 4.69) is 12.1 Å². The van der Waals surface area contributed by atoms with Crippen molar-refractivity contribution >= 4 is 12.2 Å². The van der Waals surface area contributed by atoms with E-state index in [0.717, 1.165) is 5.56 Å². The van der Waals surface area contributed by atoms with Crippen molar-refractivity contribution < 1.29 is 36.1 Å². The maximum absolute atomic E-state index is 9.12. The number of phenols is 1. The molecule has 1 N–H and O–H groups in total. The average molecular weight is 220 g/mol. The minimum atomic E-state index is 0.